The van der Waals surface area contributed by atoms with Gasteiger partial charge >= 0.3 is 5.69 Å². The number of imidazole rings is 1. The van der Waals surface area contributed by atoms with Crippen LogP contribution >= 0.6 is 0 Å². The molecule has 18 heavy (non-hydrogen) atoms. The first kappa shape index (κ1) is 12.1. The summed E-state index contributed by atoms with van der Waals surface area (Å²) in [5.74, 6) is -0.144. The van der Waals surface area contributed by atoms with Crippen LogP contribution in [-0.4, -0.2) is 29.0 Å². The number of aromatic nitrogens is 2. The van der Waals surface area contributed by atoms with Crippen molar-refractivity contribution in [1.82, 2.24) is 15.3 Å². The monoisotopic (exact) mass is 246 g/mol. The van der Waals surface area contributed by atoms with Gasteiger partial charge in [0, 0.05) is 12.2 Å². The van der Waals surface area contributed by atoms with Crippen molar-refractivity contribution in [3.05, 3.63) is 41.3 Å². The van der Waals surface area contributed by atoms with Crippen LogP contribution in [0, 0.1) is 0 Å². The summed E-state index contributed by atoms with van der Waals surface area (Å²) in [6, 6.07) is 5.18. The van der Waals surface area contributed by atoms with Gasteiger partial charge in [0.2, 0.25) is 5.91 Å². The third-order valence-electron chi connectivity index (χ3n) is 2.37. The van der Waals surface area contributed by atoms with Gasteiger partial charge in [0.15, 0.2) is 0 Å². The van der Waals surface area contributed by atoms with Gasteiger partial charge in [0.05, 0.1) is 17.6 Å². The van der Waals surface area contributed by atoms with Crippen molar-refractivity contribution in [2.45, 2.75) is 0 Å². The molecule has 6 nitrogen and oxygen atoms in total. The first-order valence-electron chi connectivity index (χ1n) is 5.52. The smallest absolute Gasteiger partial charge is 0.323 e. The fourth-order valence-corrected chi connectivity index (χ4v) is 1.60. The van der Waals surface area contributed by atoms with E-state index in [0.717, 1.165) is 0 Å². The predicted molar refractivity (Wildman–Crippen MR) is 70.6 cm³/mol. The van der Waals surface area contributed by atoms with Crippen molar-refractivity contribution in [2.24, 2.45) is 0 Å². The Morgan fingerprint density at radius 1 is 1.33 bits per heavy atom. The van der Waals surface area contributed by atoms with E-state index in [2.05, 4.69) is 27.2 Å². The van der Waals surface area contributed by atoms with Crippen LogP contribution in [0.2, 0.25) is 0 Å². The van der Waals surface area contributed by atoms with Crippen molar-refractivity contribution >= 4 is 22.6 Å². The molecule has 0 aliphatic heterocycles. The number of benzene rings is 1. The maximum Gasteiger partial charge on any atom is 0.323 e. The largest absolute Gasteiger partial charge is 0.325 e. The van der Waals surface area contributed by atoms with Gasteiger partial charge in [-0.3, -0.25) is 4.79 Å². The number of amides is 1. The van der Waals surface area contributed by atoms with E-state index in [1.54, 1.807) is 24.3 Å². The minimum Gasteiger partial charge on any atom is -0.325 e. The highest BCUT2D eigenvalue weighted by Gasteiger charge is 2.03. The molecule has 1 aromatic carbocycles. The summed E-state index contributed by atoms with van der Waals surface area (Å²) in [5, 5.41) is 5.63. The SMILES string of the molecule is C=CCNCC(=O)Nc1ccc2[nH]c(=O)[nH]c2c1. The number of hydrogen-bond donors (Lipinski definition) is 4. The first-order chi connectivity index (χ1) is 8.69. The van der Waals surface area contributed by atoms with Crippen LogP contribution in [0.5, 0.6) is 0 Å². The van der Waals surface area contributed by atoms with Crippen LogP contribution in [0.25, 0.3) is 11.0 Å². The molecule has 2 aromatic rings. The fourth-order valence-electron chi connectivity index (χ4n) is 1.60. The second kappa shape index (κ2) is 5.33. The molecule has 4 N–H and O–H groups in total. The number of hydrogen-bond acceptors (Lipinski definition) is 3. The van der Waals surface area contributed by atoms with Gasteiger partial charge < -0.3 is 20.6 Å². The van der Waals surface area contributed by atoms with Gasteiger partial charge in [-0.2, -0.15) is 0 Å². The molecule has 0 bridgehead atoms. The van der Waals surface area contributed by atoms with Crippen LogP contribution in [0.1, 0.15) is 0 Å². The number of aromatic amines is 2. The maximum atomic E-state index is 11.5. The van der Waals surface area contributed by atoms with Gasteiger partial charge in [-0.05, 0) is 18.2 Å². The molecule has 0 spiro atoms. The lowest BCUT2D eigenvalue weighted by atomic mass is 10.2. The molecular weight excluding hydrogens is 232 g/mol. The molecule has 94 valence electrons. The molecule has 2 rings (SSSR count). The topological polar surface area (TPSA) is 89.8 Å². The zero-order chi connectivity index (χ0) is 13.0. The molecule has 0 fully saturated rings. The zero-order valence-electron chi connectivity index (χ0n) is 9.75. The minimum atomic E-state index is -0.263. The lowest BCUT2D eigenvalue weighted by Crippen LogP contribution is -2.28. The maximum absolute atomic E-state index is 11.5. The van der Waals surface area contributed by atoms with E-state index in [4.69, 9.17) is 0 Å². The van der Waals surface area contributed by atoms with E-state index in [-0.39, 0.29) is 18.1 Å². The molecule has 0 saturated heterocycles. The molecule has 6 heteroatoms. The molecule has 1 aromatic heterocycles. The van der Waals surface area contributed by atoms with Crippen molar-refractivity contribution in [3.8, 4) is 0 Å². The Labute approximate surface area is 103 Å². The summed E-state index contributed by atoms with van der Waals surface area (Å²) in [6.07, 6.45) is 1.68. The summed E-state index contributed by atoms with van der Waals surface area (Å²) in [5.41, 5.74) is 1.75. The number of carbonyl (C=O) groups excluding carboxylic acids is 1. The number of anilines is 1. The second-order valence-electron chi connectivity index (χ2n) is 3.81. The summed E-state index contributed by atoms with van der Waals surface area (Å²) in [6.45, 7) is 4.34. The average molecular weight is 246 g/mol. The van der Waals surface area contributed by atoms with Crippen molar-refractivity contribution < 1.29 is 4.79 Å². The van der Waals surface area contributed by atoms with Crippen molar-refractivity contribution in [2.75, 3.05) is 18.4 Å². The number of fused-ring (bicyclic) bond motifs is 1. The number of H-pyrrole nitrogens is 2. The fraction of sp³-hybridized carbons (Fsp3) is 0.167. The third kappa shape index (κ3) is 2.86. The normalized spacial score (nSPS) is 10.4. The minimum absolute atomic E-state index is 0.144. The number of carbonyl (C=O) groups is 1. The van der Waals surface area contributed by atoms with Crippen molar-refractivity contribution in [1.29, 1.82) is 0 Å². The lowest BCUT2D eigenvalue weighted by molar-refractivity contribution is -0.115. The van der Waals surface area contributed by atoms with Crippen LogP contribution in [-0.2, 0) is 4.79 Å². The average Bonchev–Trinajstić information content (AvgIpc) is 2.69. The van der Waals surface area contributed by atoms with Crippen LogP contribution in [0.3, 0.4) is 0 Å². The molecule has 1 heterocycles. The molecule has 0 atom stereocenters. The molecule has 0 aliphatic carbocycles. The lowest BCUT2D eigenvalue weighted by Gasteiger charge is -2.05. The molecule has 0 saturated carbocycles. The Balaban J connectivity index is 2.04. The van der Waals surface area contributed by atoms with Crippen LogP contribution in [0.15, 0.2) is 35.6 Å². The van der Waals surface area contributed by atoms with E-state index in [9.17, 15) is 9.59 Å². The standard InChI is InChI=1S/C12H14N4O2/c1-2-5-13-7-11(17)14-8-3-4-9-10(6-8)16-12(18)15-9/h2-4,6,13H,1,5,7H2,(H,14,17)(H2,15,16,18). The predicted octanol–water partition coefficient (Wildman–Crippen LogP) is 0.570. The summed E-state index contributed by atoms with van der Waals surface area (Å²) < 4.78 is 0. The highest BCUT2D eigenvalue weighted by atomic mass is 16.2. The molecular formula is C12H14N4O2. The highest BCUT2D eigenvalue weighted by molar-refractivity contribution is 5.94. The number of nitrogens with one attached hydrogen (secondary N) is 4. The van der Waals surface area contributed by atoms with Crippen LogP contribution < -0.4 is 16.3 Å². The molecule has 0 aliphatic rings. The zero-order valence-corrected chi connectivity index (χ0v) is 9.75. The first-order valence-corrected chi connectivity index (χ1v) is 5.52. The molecule has 0 radical (unpaired) electrons. The van der Waals surface area contributed by atoms with Gasteiger partial charge in [-0.15, -0.1) is 6.58 Å². The number of rotatable bonds is 5. The quantitative estimate of drug-likeness (QED) is 0.459. The third-order valence-corrected chi connectivity index (χ3v) is 2.37. The highest BCUT2D eigenvalue weighted by Crippen LogP contribution is 2.14. The van der Waals surface area contributed by atoms with E-state index in [1.807, 2.05) is 0 Å². The molecule has 0 unspecified atom stereocenters. The van der Waals surface area contributed by atoms with Crippen LogP contribution in [0.4, 0.5) is 5.69 Å². The second-order valence-corrected chi connectivity index (χ2v) is 3.81. The Hall–Kier alpha value is -2.34. The van der Waals surface area contributed by atoms with E-state index in [1.165, 1.54) is 0 Å². The van der Waals surface area contributed by atoms with E-state index < -0.39 is 0 Å². The van der Waals surface area contributed by atoms with E-state index >= 15 is 0 Å². The Morgan fingerprint density at radius 2 is 2.11 bits per heavy atom. The van der Waals surface area contributed by atoms with Gasteiger partial charge in [-0.25, -0.2) is 4.79 Å². The Morgan fingerprint density at radius 3 is 2.89 bits per heavy atom. The Bertz CT molecular complexity index is 626. The van der Waals surface area contributed by atoms with E-state index in [0.29, 0.717) is 23.3 Å². The van der Waals surface area contributed by atoms with Gasteiger partial charge in [-0.1, -0.05) is 6.08 Å². The Kier molecular flexibility index (Phi) is 3.59. The van der Waals surface area contributed by atoms with Crippen molar-refractivity contribution in [3.63, 3.8) is 0 Å². The van der Waals surface area contributed by atoms with Gasteiger partial charge in [0.1, 0.15) is 0 Å². The molecule has 1 amide bonds. The van der Waals surface area contributed by atoms with Gasteiger partial charge in [0.25, 0.3) is 0 Å². The summed E-state index contributed by atoms with van der Waals surface area (Å²) in [4.78, 5) is 27.9. The summed E-state index contributed by atoms with van der Waals surface area (Å²) >= 11 is 0. The summed E-state index contributed by atoms with van der Waals surface area (Å²) in [7, 11) is 0.